The van der Waals surface area contributed by atoms with E-state index in [9.17, 15) is 9.59 Å². The monoisotopic (exact) mass is 383 g/mol. The van der Waals surface area contributed by atoms with Crippen LogP contribution in [-0.2, 0) is 9.59 Å². The molecule has 1 aliphatic heterocycles. The van der Waals surface area contributed by atoms with Crippen LogP contribution in [0.4, 0.5) is 11.4 Å². The van der Waals surface area contributed by atoms with E-state index in [4.69, 9.17) is 0 Å². The molecule has 0 aliphatic carbocycles. The van der Waals surface area contributed by atoms with Gasteiger partial charge in [-0.05, 0) is 23.8 Å². The largest absolute Gasteiger partial charge is 0.310 e. The summed E-state index contributed by atoms with van der Waals surface area (Å²) in [7, 11) is 1.75. The Bertz CT molecular complexity index is 1060. The van der Waals surface area contributed by atoms with Crippen molar-refractivity contribution in [2.45, 2.75) is 12.8 Å². The molecule has 144 valence electrons. The number of rotatable bonds is 4. The van der Waals surface area contributed by atoms with Gasteiger partial charge in [-0.3, -0.25) is 9.59 Å². The Hall–Kier alpha value is -3.73. The molecule has 0 unspecified atom stereocenters. The summed E-state index contributed by atoms with van der Waals surface area (Å²) in [5, 5.41) is 5.72. The van der Waals surface area contributed by atoms with Crippen LogP contribution in [0.15, 0.2) is 90.0 Å². The molecule has 0 saturated heterocycles. The summed E-state index contributed by atoms with van der Waals surface area (Å²) < 4.78 is 0. The fraction of sp³-hybridized carbons (Fsp3) is 0.125. The number of carbonyl (C=O) groups is 2. The van der Waals surface area contributed by atoms with E-state index < -0.39 is 0 Å². The molecule has 3 aromatic rings. The van der Waals surface area contributed by atoms with Gasteiger partial charge in [0.1, 0.15) is 5.71 Å². The first-order valence-corrected chi connectivity index (χ1v) is 9.53. The quantitative estimate of drug-likeness (QED) is 0.666. The van der Waals surface area contributed by atoms with Crippen molar-refractivity contribution in [3.63, 3.8) is 0 Å². The van der Waals surface area contributed by atoms with E-state index in [1.807, 2.05) is 84.9 Å². The molecule has 2 amide bonds. The fourth-order valence-electron chi connectivity index (χ4n) is 3.41. The molecule has 0 bridgehead atoms. The minimum absolute atomic E-state index is 0.111. The first kappa shape index (κ1) is 18.6. The summed E-state index contributed by atoms with van der Waals surface area (Å²) in [4.78, 5) is 27.2. The molecule has 0 radical (unpaired) electrons. The Morgan fingerprint density at radius 2 is 1.48 bits per heavy atom. The number of benzene rings is 3. The lowest BCUT2D eigenvalue weighted by atomic mass is 10.0. The van der Waals surface area contributed by atoms with E-state index in [2.05, 4.69) is 5.10 Å². The molecule has 0 spiro atoms. The summed E-state index contributed by atoms with van der Waals surface area (Å²) >= 11 is 0. The molecule has 0 aromatic heterocycles. The van der Waals surface area contributed by atoms with Crippen LogP contribution in [0.1, 0.15) is 12.8 Å². The van der Waals surface area contributed by atoms with Crippen LogP contribution in [0, 0.1) is 0 Å². The average Bonchev–Trinajstić information content (AvgIpc) is 2.79. The van der Waals surface area contributed by atoms with Crippen molar-refractivity contribution in [2.75, 3.05) is 17.0 Å². The van der Waals surface area contributed by atoms with Crippen LogP contribution in [-0.4, -0.2) is 24.6 Å². The smallest absolute Gasteiger partial charge is 0.274 e. The normalized spacial score (nSPS) is 13.8. The summed E-state index contributed by atoms with van der Waals surface area (Å²) in [6, 6.07) is 26.9. The van der Waals surface area contributed by atoms with Gasteiger partial charge in [0.2, 0.25) is 5.91 Å². The van der Waals surface area contributed by atoms with Crippen LogP contribution < -0.4 is 9.91 Å². The minimum atomic E-state index is -0.207. The van der Waals surface area contributed by atoms with Gasteiger partial charge >= 0.3 is 0 Å². The van der Waals surface area contributed by atoms with E-state index in [1.165, 1.54) is 5.01 Å². The zero-order valence-electron chi connectivity index (χ0n) is 16.2. The Kier molecular flexibility index (Phi) is 5.20. The Morgan fingerprint density at radius 3 is 2.21 bits per heavy atom. The lowest BCUT2D eigenvalue weighted by molar-refractivity contribution is -0.118. The summed E-state index contributed by atoms with van der Waals surface area (Å²) in [5.41, 5.74) is 3.84. The highest BCUT2D eigenvalue weighted by Gasteiger charge is 2.28. The van der Waals surface area contributed by atoms with Gasteiger partial charge in [-0.25, -0.2) is 5.01 Å². The predicted molar refractivity (Wildman–Crippen MR) is 116 cm³/mol. The molecular weight excluding hydrogens is 362 g/mol. The van der Waals surface area contributed by atoms with E-state index in [0.29, 0.717) is 17.8 Å². The van der Waals surface area contributed by atoms with E-state index in [1.54, 1.807) is 11.9 Å². The highest BCUT2D eigenvalue weighted by atomic mass is 16.2. The van der Waals surface area contributed by atoms with Crippen molar-refractivity contribution in [3.8, 4) is 11.1 Å². The van der Waals surface area contributed by atoms with E-state index in [-0.39, 0.29) is 18.2 Å². The van der Waals surface area contributed by atoms with Gasteiger partial charge in [-0.1, -0.05) is 66.7 Å². The SMILES string of the molecule is CN(C(=O)C1=NN(c2ccccc2)C(=O)CC1)c1ccccc1-c1ccccc1. The average molecular weight is 383 g/mol. The van der Waals surface area contributed by atoms with Gasteiger partial charge in [0.15, 0.2) is 0 Å². The summed E-state index contributed by atoms with van der Waals surface area (Å²) in [6.07, 6.45) is 0.590. The van der Waals surface area contributed by atoms with Crippen LogP contribution in [0.5, 0.6) is 0 Å². The molecular formula is C24H21N3O2. The van der Waals surface area contributed by atoms with E-state index in [0.717, 1.165) is 16.8 Å². The number of nitrogens with zero attached hydrogens (tertiary/aromatic N) is 3. The third-order valence-corrected chi connectivity index (χ3v) is 4.94. The van der Waals surface area contributed by atoms with Crippen LogP contribution >= 0.6 is 0 Å². The lowest BCUT2D eigenvalue weighted by Gasteiger charge is -2.26. The van der Waals surface area contributed by atoms with Crippen molar-refractivity contribution < 1.29 is 9.59 Å². The van der Waals surface area contributed by atoms with Crippen molar-refractivity contribution in [2.24, 2.45) is 5.10 Å². The first-order valence-electron chi connectivity index (χ1n) is 9.53. The second-order valence-corrected chi connectivity index (χ2v) is 6.84. The number of carbonyl (C=O) groups excluding carboxylic acids is 2. The van der Waals surface area contributed by atoms with Gasteiger partial charge in [-0.15, -0.1) is 0 Å². The highest BCUT2D eigenvalue weighted by molar-refractivity contribution is 6.44. The summed E-state index contributed by atoms with van der Waals surface area (Å²) in [5.74, 6) is -0.318. The minimum Gasteiger partial charge on any atom is -0.310 e. The maximum atomic E-state index is 13.2. The standard InChI is InChI=1S/C24H21N3O2/c1-26(22-15-9-8-14-20(22)18-10-4-2-5-11-18)24(29)21-16-17-23(28)27(25-21)19-12-6-3-7-13-19/h2-15H,16-17H2,1H3. The van der Waals surface area contributed by atoms with Gasteiger partial charge in [-0.2, -0.15) is 5.10 Å². The summed E-state index contributed by atoms with van der Waals surface area (Å²) in [6.45, 7) is 0. The van der Waals surface area contributed by atoms with Gasteiger partial charge in [0.25, 0.3) is 5.91 Å². The van der Waals surface area contributed by atoms with Crippen molar-refractivity contribution in [3.05, 3.63) is 84.9 Å². The van der Waals surface area contributed by atoms with Crippen LogP contribution in [0.2, 0.25) is 0 Å². The lowest BCUT2D eigenvalue weighted by Crippen LogP contribution is -2.40. The van der Waals surface area contributed by atoms with Gasteiger partial charge in [0, 0.05) is 25.5 Å². The number of anilines is 2. The second-order valence-electron chi connectivity index (χ2n) is 6.84. The molecule has 1 heterocycles. The van der Waals surface area contributed by atoms with E-state index >= 15 is 0 Å². The Labute approximate surface area is 169 Å². The van der Waals surface area contributed by atoms with Crippen LogP contribution in [0.3, 0.4) is 0 Å². The fourth-order valence-corrected chi connectivity index (χ4v) is 3.41. The third-order valence-electron chi connectivity index (χ3n) is 4.94. The van der Waals surface area contributed by atoms with Crippen LogP contribution in [0.25, 0.3) is 11.1 Å². The highest BCUT2D eigenvalue weighted by Crippen LogP contribution is 2.30. The molecule has 1 aliphatic rings. The Balaban J connectivity index is 1.66. The maximum absolute atomic E-state index is 13.2. The topological polar surface area (TPSA) is 53.0 Å². The molecule has 3 aromatic carbocycles. The third kappa shape index (κ3) is 3.80. The molecule has 0 N–H and O–H groups in total. The number of hydrazone groups is 1. The molecule has 0 saturated carbocycles. The first-order chi connectivity index (χ1) is 14.1. The van der Waals surface area contributed by atoms with Crippen molar-refractivity contribution in [1.82, 2.24) is 0 Å². The molecule has 5 heteroatoms. The van der Waals surface area contributed by atoms with Gasteiger partial charge in [0.05, 0.1) is 11.4 Å². The van der Waals surface area contributed by atoms with Crippen molar-refractivity contribution in [1.29, 1.82) is 0 Å². The molecule has 29 heavy (non-hydrogen) atoms. The molecule has 0 fully saturated rings. The Morgan fingerprint density at radius 1 is 0.862 bits per heavy atom. The number of hydrogen-bond acceptors (Lipinski definition) is 3. The molecule has 4 rings (SSSR count). The predicted octanol–water partition coefficient (Wildman–Crippen LogP) is 4.50. The van der Waals surface area contributed by atoms with Crippen molar-refractivity contribution >= 4 is 28.9 Å². The molecule has 0 atom stereocenters. The maximum Gasteiger partial charge on any atom is 0.274 e. The second kappa shape index (κ2) is 8.10. The number of amides is 2. The molecule has 5 nitrogen and oxygen atoms in total. The van der Waals surface area contributed by atoms with Gasteiger partial charge < -0.3 is 4.90 Å². The number of hydrogen-bond donors (Lipinski definition) is 0. The zero-order valence-corrected chi connectivity index (χ0v) is 16.2. The number of para-hydroxylation sites is 2. The zero-order chi connectivity index (χ0) is 20.2.